The van der Waals surface area contributed by atoms with E-state index >= 15 is 0 Å². The first-order valence-electron chi connectivity index (χ1n) is 4.79. The fraction of sp³-hybridized carbons (Fsp3) is 0.182. The summed E-state index contributed by atoms with van der Waals surface area (Å²) in [6, 6.07) is 3.31. The Balaban J connectivity index is 2.57. The van der Waals surface area contributed by atoms with Crippen LogP contribution in [0.25, 0.3) is 11.3 Å². The maximum Gasteiger partial charge on any atom is 0.416 e. The summed E-state index contributed by atoms with van der Waals surface area (Å²) in [5.41, 5.74) is -0.0766. The summed E-state index contributed by atoms with van der Waals surface area (Å²) in [5, 5.41) is 0. The number of rotatable bonds is 2. The van der Waals surface area contributed by atoms with Gasteiger partial charge in [-0.3, -0.25) is 0 Å². The third kappa shape index (κ3) is 2.54. The summed E-state index contributed by atoms with van der Waals surface area (Å²) in [6.45, 7) is 0. The molecule has 2 aromatic rings. The lowest BCUT2D eigenvalue weighted by atomic mass is 10.1. The predicted octanol–water partition coefficient (Wildman–Crippen LogP) is 4.86. The third-order valence-corrected chi connectivity index (χ3v) is 3.25. The van der Waals surface area contributed by atoms with E-state index in [1.807, 2.05) is 0 Å². The molecule has 0 aliphatic heterocycles. The molecule has 0 bridgehead atoms. The zero-order valence-electron chi connectivity index (χ0n) is 8.76. The second-order valence-electron chi connectivity index (χ2n) is 3.45. The quantitative estimate of drug-likeness (QED) is 0.730. The molecule has 1 aromatic heterocycles. The Kier molecular flexibility index (Phi) is 3.68. The summed E-state index contributed by atoms with van der Waals surface area (Å²) < 4.78 is 43.5. The maximum absolute atomic E-state index is 12.6. The molecule has 0 N–H and O–H groups in total. The average molecular weight is 341 g/mol. The number of hydrogen-bond acceptors (Lipinski definition) is 2. The van der Waals surface area contributed by atoms with E-state index in [2.05, 4.69) is 20.9 Å². The van der Waals surface area contributed by atoms with Crippen LogP contribution in [0, 0.1) is 0 Å². The molecular weight excluding hydrogens is 334 g/mol. The molecule has 2 nitrogen and oxygen atoms in total. The zero-order chi connectivity index (χ0) is 13.3. The van der Waals surface area contributed by atoms with Crippen molar-refractivity contribution in [2.24, 2.45) is 0 Å². The van der Waals surface area contributed by atoms with Crippen LogP contribution in [-0.2, 0) is 12.1 Å². The van der Waals surface area contributed by atoms with Gasteiger partial charge in [-0.05, 0) is 18.2 Å². The second kappa shape index (κ2) is 4.93. The minimum absolute atomic E-state index is 0.0640. The molecule has 1 aromatic carbocycles. The van der Waals surface area contributed by atoms with Crippen LogP contribution in [0.5, 0.6) is 0 Å². The monoisotopic (exact) mass is 339 g/mol. The molecule has 18 heavy (non-hydrogen) atoms. The van der Waals surface area contributed by atoms with E-state index in [9.17, 15) is 13.2 Å². The number of hydrogen-bond donors (Lipinski definition) is 0. The number of benzene rings is 1. The molecular formula is C11H6BrClF3NO. The van der Waals surface area contributed by atoms with Gasteiger partial charge in [-0.1, -0.05) is 15.9 Å². The smallest absolute Gasteiger partial charge is 0.416 e. The summed E-state index contributed by atoms with van der Waals surface area (Å²) in [7, 11) is 0. The van der Waals surface area contributed by atoms with E-state index in [1.165, 1.54) is 6.07 Å². The van der Waals surface area contributed by atoms with Gasteiger partial charge in [0.15, 0.2) is 12.2 Å². The van der Waals surface area contributed by atoms with E-state index in [0.717, 1.165) is 18.5 Å². The van der Waals surface area contributed by atoms with Gasteiger partial charge in [0.25, 0.3) is 0 Å². The van der Waals surface area contributed by atoms with Gasteiger partial charge in [0.1, 0.15) is 5.69 Å². The highest BCUT2D eigenvalue weighted by Crippen LogP contribution is 2.37. The van der Waals surface area contributed by atoms with Crippen molar-refractivity contribution in [1.82, 2.24) is 4.98 Å². The summed E-state index contributed by atoms with van der Waals surface area (Å²) >= 11 is 8.83. The Morgan fingerprint density at radius 3 is 2.67 bits per heavy atom. The minimum atomic E-state index is -4.41. The van der Waals surface area contributed by atoms with Crippen molar-refractivity contribution >= 4 is 27.5 Å². The lowest BCUT2D eigenvalue weighted by molar-refractivity contribution is -0.137. The average Bonchev–Trinajstić information content (AvgIpc) is 2.76. The largest absolute Gasteiger partial charge is 0.443 e. The molecule has 0 aliphatic rings. The van der Waals surface area contributed by atoms with E-state index in [4.69, 9.17) is 16.0 Å². The fourth-order valence-corrected chi connectivity index (χ4v) is 2.08. The van der Waals surface area contributed by atoms with Crippen molar-refractivity contribution in [1.29, 1.82) is 0 Å². The zero-order valence-corrected chi connectivity index (χ0v) is 11.1. The Morgan fingerprint density at radius 1 is 1.33 bits per heavy atom. The van der Waals surface area contributed by atoms with Gasteiger partial charge in [0.2, 0.25) is 0 Å². The molecule has 0 atom stereocenters. The van der Waals surface area contributed by atoms with Crippen LogP contribution >= 0.6 is 27.5 Å². The molecule has 0 saturated carbocycles. The van der Waals surface area contributed by atoms with Crippen molar-refractivity contribution in [3.63, 3.8) is 0 Å². The molecule has 0 saturated heterocycles. The number of alkyl halides is 4. The first-order chi connectivity index (χ1) is 8.43. The highest BCUT2D eigenvalue weighted by molar-refractivity contribution is 9.10. The molecule has 0 spiro atoms. The SMILES string of the molecule is FC(F)(F)c1ccc(Br)c(-c2ocnc2CCl)c1. The molecule has 2 rings (SSSR count). The fourth-order valence-electron chi connectivity index (χ4n) is 1.46. The van der Waals surface area contributed by atoms with Gasteiger partial charge < -0.3 is 4.42 Å². The Morgan fingerprint density at radius 2 is 2.06 bits per heavy atom. The summed E-state index contributed by atoms with van der Waals surface area (Å²) in [6.07, 6.45) is -3.25. The van der Waals surface area contributed by atoms with Crippen LogP contribution in [0.3, 0.4) is 0 Å². The highest BCUT2D eigenvalue weighted by atomic mass is 79.9. The van der Waals surface area contributed by atoms with Crippen LogP contribution in [0.1, 0.15) is 11.3 Å². The van der Waals surface area contributed by atoms with Crippen molar-refractivity contribution < 1.29 is 17.6 Å². The summed E-state index contributed by atoms with van der Waals surface area (Å²) in [5.74, 6) is 0.303. The van der Waals surface area contributed by atoms with E-state index < -0.39 is 11.7 Å². The normalized spacial score (nSPS) is 11.8. The number of oxazole rings is 1. The van der Waals surface area contributed by atoms with E-state index in [1.54, 1.807) is 0 Å². The van der Waals surface area contributed by atoms with Crippen molar-refractivity contribution in [2.45, 2.75) is 12.1 Å². The van der Waals surface area contributed by atoms with Crippen LogP contribution in [0.15, 0.2) is 33.5 Å². The van der Waals surface area contributed by atoms with Crippen molar-refractivity contribution in [3.8, 4) is 11.3 Å². The maximum atomic E-state index is 12.6. The first-order valence-corrected chi connectivity index (χ1v) is 6.11. The Bertz CT molecular complexity index is 568. The summed E-state index contributed by atoms with van der Waals surface area (Å²) in [4.78, 5) is 3.84. The third-order valence-electron chi connectivity index (χ3n) is 2.31. The van der Waals surface area contributed by atoms with Gasteiger partial charge in [-0.25, -0.2) is 4.98 Å². The molecule has 0 radical (unpaired) electrons. The Labute approximate surface area is 114 Å². The van der Waals surface area contributed by atoms with Gasteiger partial charge in [-0.2, -0.15) is 13.2 Å². The standard InChI is InChI=1S/C11H6BrClF3NO/c12-8-2-1-6(11(14,15)16)3-7(8)10-9(4-13)17-5-18-10/h1-3,5H,4H2. The van der Waals surface area contributed by atoms with Crippen LogP contribution < -0.4 is 0 Å². The van der Waals surface area contributed by atoms with Crippen LogP contribution in [-0.4, -0.2) is 4.98 Å². The highest BCUT2D eigenvalue weighted by Gasteiger charge is 2.31. The molecule has 0 fully saturated rings. The number of nitrogens with zero attached hydrogens (tertiary/aromatic N) is 1. The van der Waals surface area contributed by atoms with Gasteiger partial charge in [0.05, 0.1) is 11.4 Å². The van der Waals surface area contributed by atoms with Gasteiger partial charge >= 0.3 is 6.18 Å². The first kappa shape index (κ1) is 13.4. The lowest BCUT2D eigenvalue weighted by Crippen LogP contribution is -2.04. The van der Waals surface area contributed by atoms with E-state index in [0.29, 0.717) is 10.2 Å². The van der Waals surface area contributed by atoms with E-state index in [-0.39, 0.29) is 17.2 Å². The number of halogens is 5. The predicted molar refractivity (Wildman–Crippen MR) is 64.2 cm³/mol. The van der Waals surface area contributed by atoms with Crippen LogP contribution in [0.4, 0.5) is 13.2 Å². The van der Waals surface area contributed by atoms with Crippen molar-refractivity contribution in [2.75, 3.05) is 0 Å². The molecule has 0 unspecified atom stereocenters. The molecule has 7 heteroatoms. The minimum Gasteiger partial charge on any atom is -0.443 e. The van der Waals surface area contributed by atoms with Crippen molar-refractivity contribution in [3.05, 3.63) is 40.3 Å². The molecule has 96 valence electrons. The lowest BCUT2D eigenvalue weighted by Gasteiger charge is -2.09. The van der Waals surface area contributed by atoms with Crippen LogP contribution in [0.2, 0.25) is 0 Å². The molecule has 1 heterocycles. The van der Waals surface area contributed by atoms with Gasteiger partial charge in [0, 0.05) is 10.0 Å². The van der Waals surface area contributed by atoms with Gasteiger partial charge in [-0.15, -0.1) is 11.6 Å². The number of aromatic nitrogens is 1. The topological polar surface area (TPSA) is 26.0 Å². The molecule has 0 amide bonds. The molecule has 0 aliphatic carbocycles. The Hall–Kier alpha value is -1.01. The second-order valence-corrected chi connectivity index (χ2v) is 4.58.